The number of carbonyl (C=O) groups is 1. The first-order chi connectivity index (χ1) is 5.74. The Balaban J connectivity index is 2.78. The second-order valence-electron chi connectivity index (χ2n) is 2.05. The van der Waals surface area contributed by atoms with Crippen LogP contribution >= 0.6 is 27.5 Å². The predicted molar refractivity (Wildman–Crippen MR) is 51.0 cm³/mol. The lowest BCUT2D eigenvalue weighted by Crippen LogP contribution is -1.91. The summed E-state index contributed by atoms with van der Waals surface area (Å²) in [6.45, 7) is 0. The molecule has 0 radical (unpaired) electrons. The molecular weight excluding hydrogens is 243 g/mol. The van der Waals surface area contributed by atoms with Crippen LogP contribution in [-0.2, 0) is 0 Å². The van der Waals surface area contributed by atoms with E-state index in [0.29, 0.717) is 16.8 Å². The second-order valence-corrected chi connectivity index (χ2v) is 2.85. The molecule has 0 spiro atoms. The number of halogens is 2. The van der Waals surface area contributed by atoms with Crippen molar-refractivity contribution >= 4 is 32.8 Å². The Labute approximate surface area is 83.6 Å². The van der Waals surface area contributed by atoms with Gasteiger partial charge in [0.15, 0.2) is 0 Å². The van der Waals surface area contributed by atoms with Gasteiger partial charge in [0.25, 0.3) is 5.24 Å². The van der Waals surface area contributed by atoms with Crippen molar-refractivity contribution in [3.8, 4) is 5.75 Å². The molecule has 0 saturated heterocycles. The number of benzene rings is 1. The molecule has 0 aliphatic rings. The summed E-state index contributed by atoms with van der Waals surface area (Å²) >= 11 is 8.36. The van der Waals surface area contributed by atoms with E-state index in [1.165, 1.54) is 0 Å². The van der Waals surface area contributed by atoms with Crippen molar-refractivity contribution in [1.29, 1.82) is 0 Å². The van der Waals surface area contributed by atoms with Gasteiger partial charge in [-0.25, -0.2) is 0 Å². The topological polar surface area (TPSA) is 26.3 Å². The molecule has 1 aromatic rings. The quantitative estimate of drug-likeness (QED) is 0.608. The summed E-state index contributed by atoms with van der Waals surface area (Å²) in [5.41, 5.74) is 0.903. The molecule has 0 amide bonds. The largest absolute Gasteiger partial charge is 0.482 e. The van der Waals surface area contributed by atoms with Crippen LogP contribution in [0.4, 0.5) is 0 Å². The third-order valence-electron chi connectivity index (χ3n) is 1.30. The Morgan fingerprint density at radius 1 is 1.42 bits per heavy atom. The minimum Gasteiger partial charge on any atom is -0.482 e. The van der Waals surface area contributed by atoms with Gasteiger partial charge < -0.3 is 4.74 Å². The third-order valence-corrected chi connectivity index (χ3v) is 1.75. The number of carbonyl (C=O) groups excluding carboxylic acids is 1. The van der Waals surface area contributed by atoms with Crippen molar-refractivity contribution in [1.82, 2.24) is 0 Å². The van der Waals surface area contributed by atoms with Crippen LogP contribution in [0, 0.1) is 0 Å². The van der Waals surface area contributed by atoms with Gasteiger partial charge in [-0.15, -0.1) is 0 Å². The standard InChI is InChI=1S/C8H6BrClO2/c9-5-12-7-3-1-6(2-4-7)8(10)11/h1-4H,5H2. The van der Waals surface area contributed by atoms with Crippen LogP contribution < -0.4 is 4.74 Å². The van der Waals surface area contributed by atoms with Crippen LogP contribution in [0.1, 0.15) is 10.4 Å². The van der Waals surface area contributed by atoms with Crippen molar-refractivity contribution in [2.75, 3.05) is 5.52 Å². The van der Waals surface area contributed by atoms with E-state index in [9.17, 15) is 4.79 Å². The molecule has 0 aliphatic carbocycles. The zero-order valence-corrected chi connectivity index (χ0v) is 8.43. The molecule has 0 aromatic heterocycles. The van der Waals surface area contributed by atoms with Crippen LogP contribution in [0.5, 0.6) is 5.75 Å². The van der Waals surface area contributed by atoms with Gasteiger partial charge in [0.1, 0.15) is 11.3 Å². The molecule has 0 bridgehead atoms. The van der Waals surface area contributed by atoms with Crippen LogP contribution in [0.25, 0.3) is 0 Å². The Bertz CT molecular complexity index is 271. The summed E-state index contributed by atoms with van der Waals surface area (Å²) in [5, 5.41) is -0.458. The van der Waals surface area contributed by atoms with Gasteiger partial charge in [0, 0.05) is 5.56 Å². The predicted octanol–water partition coefficient (Wildman–Crippen LogP) is 2.80. The highest BCUT2D eigenvalue weighted by atomic mass is 79.9. The second kappa shape index (κ2) is 4.48. The fraction of sp³-hybridized carbons (Fsp3) is 0.125. The molecule has 0 aliphatic heterocycles. The van der Waals surface area contributed by atoms with E-state index in [4.69, 9.17) is 16.3 Å². The van der Waals surface area contributed by atoms with Crippen LogP contribution in [0.15, 0.2) is 24.3 Å². The molecule has 2 nitrogen and oxygen atoms in total. The average Bonchev–Trinajstić information content (AvgIpc) is 2.06. The fourth-order valence-corrected chi connectivity index (χ4v) is 1.14. The summed E-state index contributed by atoms with van der Waals surface area (Å²) in [6.07, 6.45) is 0. The van der Waals surface area contributed by atoms with Gasteiger partial charge in [-0.1, -0.05) is 0 Å². The number of hydrogen-bond acceptors (Lipinski definition) is 2. The van der Waals surface area contributed by atoms with Crippen molar-refractivity contribution < 1.29 is 9.53 Å². The smallest absolute Gasteiger partial charge is 0.252 e. The van der Waals surface area contributed by atoms with Crippen molar-refractivity contribution in [2.24, 2.45) is 0 Å². The summed E-state index contributed by atoms with van der Waals surface area (Å²) < 4.78 is 5.10. The van der Waals surface area contributed by atoms with Gasteiger partial charge in [-0.05, 0) is 51.8 Å². The normalized spacial score (nSPS) is 9.50. The molecule has 4 heteroatoms. The van der Waals surface area contributed by atoms with E-state index in [2.05, 4.69) is 15.9 Å². The maximum atomic E-state index is 10.6. The molecule has 1 rings (SSSR count). The maximum absolute atomic E-state index is 10.6. The molecule has 12 heavy (non-hydrogen) atoms. The molecule has 0 atom stereocenters. The Morgan fingerprint density at radius 2 is 2.00 bits per heavy atom. The summed E-state index contributed by atoms with van der Waals surface area (Å²) in [7, 11) is 0. The first-order valence-electron chi connectivity index (χ1n) is 3.22. The molecule has 64 valence electrons. The maximum Gasteiger partial charge on any atom is 0.252 e. The zero-order valence-electron chi connectivity index (χ0n) is 6.09. The fourth-order valence-electron chi connectivity index (χ4n) is 0.745. The molecule has 1 aromatic carbocycles. The summed E-state index contributed by atoms with van der Waals surface area (Å²) in [5.74, 6) is 0.702. The first-order valence-corrected chi connectivity index (χ1v) is 4.72. The van der Waals surface area contributed by atoms with Gasteiger partial charge in [0.05, 0.1) is 0 Å². The SMILES string of the molecule is O=C(Cl)c1ccc(OCBr)cc1. The van der Waals surface area contributed by atoms with Crippen molar-refractivity contribution in [3.05, 3.63) is 29.8 Å². The number of ether oxygens (including phenoxy) is 1. The van der Waals surface area contributed by atoms with Gasteiger partial charge in [-0.2, -0.15) is 0 Å². The third kappa shape index (κ3) is 2.50. The summed E-state index contributed by atoms with van der Waals surface area (Å²) in [4.78, 5) is 10.6. The van der Waals surface area contributed by atoms with Crippen LogP contribution in [0.3, 0.4) is 0 Å². The molecule has 0 heterocycles. The minimum absolute atomic E-state index is 0.432. The van der Waals surface area contributed by atoms with Gasteiger partial charge in [0.2, 0.25) is 0 Å². The lowest BCUT2D eigenvalue weighted by atomic mass is 10.2. The van der Waals surface area contributed by atoms with Crippen molar-refractivity contribution in [2.45, 2.75) is 0 Å². The van der Waals surface area contributed by atoms with E-state index < -0.39 is 5.24 Å². The highest BCUT2D eigenvalue weighted by molar-refractivity contribution is 9.09. The van der Waals surface area contributed by atoms with E-state index in [1.807, 2.05) is 0 Å². The number of rotatable bonds is 3. The molecule has 0 N–H and O–H groups in total. The minimum atomic E-state index is -0.458. The van der Waals surface area contributed by atoms with Crippen LogP contribution in [-0.4, -0.2) is 10.8 Å². The molecular formula is C8H6BrClO2. The highest BCUT2D eigenvalue weighted by Gasteiger charge is 2.00. The number of hydrogen-bond donors (Lipinski definition) is 0. The van der Waals surface area contributed by atoms with E-state index in [-0.39, 0.29) is 0 Å². The average molecular weight is 249 g/mol. The zero-order chi connectivity index (χ0) is 8.97. The van der Waals surface area contributed by atoms with Gasteiger partial charge >= 0.3 is 0 Å². The Hall–Kier alpha value is -0.540. The number of alkyl halides is 1. The lowest BCUT2D eigenvalue weighted by molar-refractivity contribution is 0.108. The monoisotopic (exact) mass is 248 g/mol. The van der Waals surface area contributed by atoms with E-state index in [0.717, 1.165) is 0 Å². The molecule has 0 unspecified atom stereocenters. The Morgan fingerprint density at radius 3 is 2.42 bits per heavy atom. The molecule has 0 saturated carbocycles. The molecule has 0 fully saturated rings. The van der Waals surface area contributed by atoms with Crippen molar-refractivity contribution in [3.63, 3.8) is 0 Å². The first kappa shape index (κ1) is 9.55. The highest BCUT2D eigenvalue weighted by Crippen LogP contribution is 2.13. The Kier molecular flexibility index (Phi) is 3.56. The lowest BCUT2D eigenvalue weighted by Gasteiger charge is -2.00. The van der Waals surface area contributed by atoms with E-state index >= 15 is 0 Å². The van der Waals surface area contributed by atoms with E-state index in [1.54, 1.807) is 24.3 Å². The van der Waals surface area contributed by atoms with Gasteiger partial charge in [-0.3, -0.25) is 4.79 Å². The summed E-state index contributed by atoms with van der Waals surface area (Å²) in [6, 6.07) is 6.62. The van der Waals surface area contributed by atoms with Crippen LogP contribution in [0.2, 0.25) is 0 Å².